The Morgan fingerprint density at radius 3 is 2.76 bits per heavy atom. The lowest BCUT2D eigenvalue weighted by Gasteiger charge is -2.29. The molecule has 1 aromatic carbocycles. The minimum Gasteiger partial charge on any atom is -0.484 e. The largest absolute Gasteiger partial charge is 0.484 e. The van der Waals surface area contributed by atoms with E-state index in [4.69, 9.17) is 15.2 Å². The van der Waals surface area contributed by atoms with E-state index in [-0.39, 0.29) is 24.7 Å². The number of rotatable bonds is 5. The summed E-state index contributed by atoms with van der Waals surface area (Å²) in [6, 6.07) is 6.34. The van der Waals surface area contributed by atoms with Crippen LogP contribution in [0.4, 0.5) is 5.69 Å². The van der Waals surface area contributed by atoms with Crippen molar-refractivity contribution < 1.29 is 19.1 Å². The van der Waals surface area contributed by atoms with Gasteiger partial charge in [-0.25, -0.2) is 0 Å². The zero-order chi connectivity index (χ0) is 15.2. The Hall–Kier alpha value is -2.12. The molecule has 1 saturated heterocycles. The first kappa shape index (κ1) is 15.3. The summed E-state index contributed by atoms with van der Waals surface area (Å²) >= 11 is 0. The van der Waals surface area contributed by atoms with Crippen LogP contribution in [0, 0.1) is 0 Å². The lowest BCUT2D eigenvalue weighted by atomic mass is 10.1. The molecule has 1 heterocycles. The maximum atomic E-state index is 12.1. The Bertz CT molecular complexity index is 503. The highest BCUT2D eigenvalue weighted by atomic mass is 16.5. The fourth-order valence-corrected chi connectivity index (χ4v) is 2.04. The van der Waals surface area contributed by atoms with E-state index in [1.54, 1.807) is 24.3 Å². The van der Waals surface area contributed by atoms with Gasteiger partial charge in [-0.3, -0.25) is 9.59 Å². The number of morpholine rings is 1. The topological polar surface area (TPSA) is 103 Å². The van der Waals surface area contributed by atoms with Crippen molar-refractivity contribution in [3.63, 3.8) is 0 Å². The fraction of sp³-hybridized carbons (Fsp3) is 0.429. The van der Waals surface area contributed by atoms with E-state index in [1.165, 1.54) is 0 Å². The predicted octanol–water partition coefficient (Wildman–Crippen LogP) is -0.134. The van der Waals surface area contributed by atoms with E-state index in [9.17, 15) is 9.59 Å². The Kier molecular flexibility index (Phi) is 5.13. The second-order valence-corrected chi connectivity index (χ2v) is 4.78. The van der Waals surface area contributed by atoms with E-state index in [0.717, 1.165) is 0 Å². The molecule has 4 N–H and O–H groups in total. The van der Waals surface area contributed by atoms with Gasteiger partial charge in [-0.2, -0.15) is 0 Å². The standard InChI is InChI=1S/C14H19N3O4/c1-9-13(16-6-7-20-9)14(19)17-10-2-4-11(5-3-10)21-8-12(15)18/h2-5,9,13,16H,6-8H2,1H3,(H2,15,18)(H,17,19)/t9-,13+/m1/s1. The van der Waals surface area contributed by atoms with E-state index < -0.39 is 5.91 Å². The maximum absolute atomic E-state index is 12.1. The number of primary amides is 1. The lowest BCUT2D eigenvalue weighted by Crippen LogP contribution is -2.53. The van der Waals surface area contributed by atoms with Crippen LogP contribution in [0.1, 0.15) is 6.92 Å². The molecule has 0 aliphatic carbocycles. The summed E-state index contributed by atoms with van der Waals surface area (Å²) < 4.78 is 10.6. The molecule has 1 fully saturated rings. The molecular weight excluding hydrogens is 274 g/mol. The van der Waals surface area contributed by atoms with E-state index in [1.807, 2.05) is 6.92 Å². The SMILES string of the molecule is C[C@H]1OCCN[C@@H]1C(=O)Nc1ccc(OCC(N)=O)cc1. The third-order valence-electron chi connectivity index (χ3n) is 3.10. The number of nitrogens with one attached hydrogen (secondary N) is 2. The van der Waals surface area contributed by atoms with E-state index in [0.29, 0.717) is 24.6 Å². The fourth-order valence-electron chi connectivity index (χ4n) is 2.04. The molecule has 0 saturated carbocycles. The van der Waals surface area contributed by atoms with Crippen LogP contribution < -0.4 is 21.1 Å². The van der Waals surface area contributed by atoms with Crippen molar-refractivity contribution in [2.24, 2.45) is 5.73 Å². The summed E-state index contributed by atoms with van der Waals surface area (Å²) in [4.78, 5) is 22.7. The first-order valence-electron chi connectivity index (χ1n) is 6.73. The van der Waals surface area contributed by atoms with Gasteiger partial charge < -0.3 is 25.8 Å². The zero-order valence-electron chi connectivity index (χ0n) is 11.8. The van der Waals surface area contributed by atoms with Crippen LogP contribution in [-0.4, -0.2) is 43.7 Å². The monoisotopic (exact) mass is 293 g/mol. The number of hydrogen-bond acceptors (Lipinski definition) is 5. The molecule has 2 amide bonds. The van der Waals surface area contributed by atoms with Crippen LogP contribution >= 0.6 is 0 Å². The summed E-state index contributed by atoms with van der Waals surface area (Å²) in [5.74, 6) is -0.169. The van der Waals surface area contributed by atoms with Crippen molar-refractivity contribution in [2.75, 3.05) is 25.1 Å². The number of amides is 2. The quantitative estimate of drug-likeness (QED) is 0.701. The third-order valence-corrected chi connectivity index (χ3v) is 3.10. The number of carbonyl (C=O) groups is 2. The molecule has 2 atom stereocenters. The van der Waals surface area contributed by atoms with Crippen LogP contribution in [0.25, 0.3) is 0 Å². The Morgan fingerprint density at radius 2 is 2.14 bits per heavy atom. The van der Waals surface area contributed by atoms with Gasteiger partial charge in [0.15, 0.2) is 6.61 Å². The van der Waals surface area contributed by atoms with Crippen LogP contribution in [-0.2, 0) is 14.3 Å². The second kappa shape index (κ2) is 7.05. The Balaban J connectivity index is 1.90. The van der Waals surface area contributed by atoms with Gasteiger partial charge in [-0.1, -0.05) is 0 Å². The summed E-state index contributed by atoms with van der Waals surface area (Å²) in [6.07, 6.45) is -0.170. The molecule has 0 unspecified atom stereocenters. The van der Waals surface area contributed by atoms with E-state index in [2.05, 4.69) is 10.6 Å². The van der Waals surface area contributed by atoms with Gasteiger partial charge in [-0.05, 0) is 31.2 Å². The number of nitrogens with two attached hydrogens (primary N) is 1. The average Bonchev–Trinajstić information content (AvgIpc) is 2.47. The van der Waals surface area contributed by atoms with Gasteiger partial charge >= 0.3 is 0 Å². The molecule has 1 aliphatic heterocycles. The van der Waals surface area contributed by atoms with Gasteiger partial charge in [0.1, 0.15) is 11.8 Å². The van der Waals surface area contributed by atoms with Crippen molar-refractivity contribution in [2.45, 2.75) is 19.1 Å². The molecular formula is C14H19N3O4. The minimum atomic E-state index is -0.537. The molecule has 114 valence electrons. The van der Waals surface area contributed by atoms with E-state index >= 15 is 0 Å². The molecule has 7 nitrogen and oxygen atoms in total. The maximum Gasteiger partial charge on any atom is 0.255 e. The zero-order valence-corrected chi connectivity index (χ0v) is 11.8. The van der Waals surface area contributed by atoms with Crippen LogP contribution in [0.3, 0.4) is 0 Å². The number of ether oxygens (including phenoxy) is 2. The molecule has 0 bridgehead atoms. The lowest BCUT2D eigenvalue weighted by molar-refractivity contribution is -0.123. The van der Waals surface area contributed by atoms with Gasteiger partial charge in [0.05, 0.1) is 12.7 Å². The van der Waals surface area contributed by atoms with Gasteiger partial charge in [0, 0.05) is 12.2 Å². The van der Waals surface area contributed by atoms with Crippen LogP contribution in [0.2, 0.25) is 0 Å². The highest BCUT2D eigenvalue weighted by Crippen LogP contribution is 2.16. The summed E-state index contributed by atoms with van der Waals surface area (Å²) in [7, 11) is 0. The van der Waals surface area contributed by atoms with Crippen LogP contribution in [0.15, 0.2) is 24.3 Å². The number of anilines is 1. The summed E-state index contributed by atoms with van der Waals surface area (Å²) in [6.45, 7) is 2.95. The average molecular weight is 293 g/mol. The van der Waals surface area contributed by atoms with Gasteiger partial charge in [0.25, 0.3) is 5.91 Å². The number of benzene rings is 1. The molecule has 1 aromatic rings. The summed E-state index contributed by atoms with van der Waals surface area (Å²) in [5, 5.41) is 5.93. The molecule has 1 aliphatic rings. The Morgan fingerprint density at radius 1 is 1.43 bits per heavy atom. The number of hydrogen-bond donors (Lipinski definition) is 3. The summed E-state index contributed by atoms with van der Waals surface area (Å²) in [5.41, 5.74) is 5.64. The first-order chi connectivity index (χ1) is 10.1. The highest BCUT2D eigenvalue weighted by molar-refractivity contribution is 5.95. The molecule has 0 aromatic heterocycles. The normalized spacial score (nSPS) is 21.6. The number of carbonyl (C=O) groups excluding carboxylic acids is 2. The third kappa shape index (κ3) is 4.44. The van der Waals surface area contributed by atoms with Crippen molar-refractivity contribution in [3.8, 4) is 5.75 Å². The molecule has 0 spiro atoms. The van der Waals surface area contributed by atoms with Crippen molar-refractivity contribution in [3.05, 3.63) is 24.3 Å². The molecule has 0 radical (unpaired) electrons. The Labute approximate surface area is 122 Å². The highest BCUT2D eigenvalue weighted by Gasteiger charge is 2.28. The smallest absolute Gasteiger partial charge is 0.255 e. The van der Waals surface area contributed by atoms with Crippen molar-refractivity contribution in [1.29, 1.82) is 0 Å². The first-order valence-corrected chi connectivity index (χ1v) is 6.73. The second-order valence-electron chi connectivity index (χ2n) is 4.78. The van der Waals surface area contributed by atoms with Crippen molar-refractivity contribution in [1.82, 2.24) is 5.32 Å². The predicted molar refractivity (Wildman–Crippen MR) is 77.0 cm³/mol. The molecule has 2 rings (SSSR count). The van der Waals surface area contributed by atoms with Gasteiger partial charge in [-0.15, -0.1) is 0 Å². The minimum absolute atomic E-state index is 0.145. The van der Waals surface area contributed by atoms with Crippen LogP contribution in [0.5, 0.6) is 5.75 Å². The molecule has 7 heteroatoms. The van der Waals surface area contributed by atoms with Gasteiger partial charge in [0.2, 0.25) is 5.91 Å². The molecule has 21 heavy (non-hydrogen) atoms. The van der Waals surface area contributed by atoms with Crippen molar-refractivity contribution >= 4 is 17.5 Å².